The first-order chi connectivity index (χ1) is 11.5. The molecule has 128 valence electrons. The number of hydrogen-bond acceptors (Lipinski definition) is 3. The molecule has 0 aliphatic heterocycles. The Labute approximate surface area is 141 Å². The van der Waals surface area contributed by atoms with Gasteiger partial charge in [0, 0.05) is 12.5 Å². The molecule has 5 heteroatoms. The smallest absolute Gasteiger partial charge is 0.221 e. The summed E-state index contributed by atoms with van der Waals surface area (Å²) in [5, 5.41) is 3.21. The van der Waals surface area contributed by atoms with Gasteiger partial charge in [0.05, 0.1) is 0 Å². The molecule has 1 unspecified atom stereocenters. The molecule has 0 aromatic heterocycles. The van der Waals surface area contributed by atoms with Gasteiger partial charge >= 0.3 is 0 Å². The van der Waals surface area contributed by atoms with E-state index in [0.717, 1.165) is 24.3 Å². The van der Waals surface area contributed by atoms with Crippen LogP contribution in [0.25, 0.3) is 0 Å². The molecule has 2 aromatic carbocycles. The van der Waals surface area contributed by atoms with Crippen LogP contribution < -0.4 is 15.8 Å². The van der Waals surface area contributed by atoms with Crippen molar-refractivity contribution in [2.75, 3.05) is 13.1 Å². The van der Waals surface area contributed by atoms with E-state index in [2.05, 4.69) is 5.32 Å². The summed E-state index contributed by atoms with van der Waals surface area (Å²) in [5.74, 6) is 0.0359. The second kappa shape index (κ2) is 9.03. The number of hydrogen-bond donors (Lipinski definition) is 2. The van der Waals surface area contributed by atoms with E-state index in [0.29, 0.717) is 13.2 Å². The number of ether oxygens (including phenoxy) is 1. The maximum atomic E-state index is 13.1. The summed E-state index contributed by atoms with van der Waals surface area (Å²) < 4.78 is 18.8. The molecular weight excluding hydrogens is 307 g/mol. The van der Waals surface area contributed by atoms with E-state index in [-0.39, 0.29) is 17.6 Å². The first-order valence-electron chi connectivity index (χ1n) is 8.01. The molecule has 4 nitrogen and oxygen atoms in total. The summed E-state index contributed by atoms with van der Waals surface area (Å²) in [6.07, 6.45) is 0.857. The Balaban J connectivity index is 1.73. The van der Waals surface area contributed by atoms with E-state index in [4.69, 9.17) is 10.5 Å². The molecule has 2 rings (SSSR count). The van der Waals surface area contributed by atoms with Crippen molar-refractivity contribution in [2.24, 2.45) is 11.7 Å². The van der Waals surface area contributed by atoms with Crippen LogP contribution in [0.3, 0.4) is 0 Å². The first kappa shape index (κ1) is 17.9. The summed E-state index contributed by atoms with van der Waals surface area (Å²) in [5.41, 5.74) is 7.18. The van der Waals surface area contributed by atoms with Crippen molar-refractivity contribution < 1.29 is 13.9 Å². The van der Waals surface area contributed by atoms with Gasteiger partial charge in [0.15, 0.2) is 0 Å². The van der Waals surface area contributed by atoms with Crippen LogP contribution in [-0.4, -0.2) is 19.0 Å². The van der Waals surface area contributed by atoms with Gasteiger partial charge in [0.1, 0.15) is 18.2 Å². The van der Waals surface area contributed by atoms with Crippen LogP contribution in [0.15, 0.2) is 48.5 Å². The normalized spacial score (nSPS) is 11.9. The predicted octanol–water partition coefficient (Wildman–Crippen LogP) is 2.66. The number of amides is 1. The summed E-state index contributed by atoms with van der Waals surface area (Å²) >= 11 is 0. The standard InChI is InChI=1S/C19H23FN2O2/c1-14(19(21)23)12-22-10-9-15-5-7-18(8-6-15)24-13-16-3-2-4-17(20)11-16/h2-8,11,14,22H,9-10,12-13H2,1H3,(H2,21,23). The quantitative estimate of drug-likeness (QED) is 0.695. The summed E-state index contributed by atoms with van der Waals surface area (Å²) in [6.45, 7) is 3.51. The highest BCUT2D eigenvalue weighted by atomic mass is 19.1. The van der Waals surface area contributed by atoms with Crippen LogP contribution in [0, 0.1) is 11.7 Å². The van der Waals surface area contributed by atoms with Crippen molar-refractivity contribution in [3.8, 4) is 5.75 Å². The van der Waals surface area contributed by atoms with Crippen molar-refractivity contribution in [2.45, 2.75) is 20.0 Å². The Morgan fingerprint density at radius 1 is 1.21 bits per heavy atom. The molecule has 3 N–H and O–H groups in total. The number of rotatable bonds is 9. The highest BCUT2D eigenvalue weighted by Gasteiger charge is 2.07. The minimum atomic E-state index is -0.290. The van der Waals surface area contributed by atoms with Crippen LogP contribution in [0.5, 0.6) is 5.75 Å². The summed E-state index contributed by atoms with van der Waals surface area (Å²) in [7, 11) is 0. The molecule has 0 aliphatic carbocycles. The fraction of sp³-hybridized carbons (Fsp3) is 0.316. The van der Waals surface area contributed by atoms with Gasteiger partial charge in [-0.1, -0.05) is 31.2 Å². The lowest BCUT2D eigenvalue weighted by molar-refractivity contribution is -0.121. The molecule has 0 fully saturated rings. The molecule has 1 amide bonds. The third-order valence-corrected chi connectivity index (χ3v) is 3.74. The highest BCUT2D eigenvalue weighted by Crippen LogP contribution is 2.15. The zero-order valence-corrected chi connectivity index (χ0v) is 13.8. The molecule has 0 heterocycles. The summed E-state index contributed by atoms with van der Waals surface area (Å²) in [4.78, 5) is 10.9. The van der Waals surface area contributed by atoms with E-state index in [1.165, 1.54) is 17.7 Å². The Hall–Kier alpha value is -2.40. The number of primary amides is 1. The van der Waals surface area contributed by atoms with Gasteiger partial charge in [0.25, 0.3) is 0 Å². The average molecular weight is 330 g/mol. The van der Waals surface area contributed by atoms with Gasteiger partial charge in [-0.3, -0.25) is 4.79 Å². The Morgan fingerprint density at radius 3 is 2.62 bits per heavy atom. The van der Waals surface area contributed by atoms with Gasteiger partial charge in [-0.05, 0) is 48.4 Å². The molecule has 0 aliphatic rings. The molecule has 0 saturated heterocycles. The number of carbonyl (C=O) groups excluding carboxylic acids is 1. The lowest BCUT2D eigenvalue weighted by Gasteiger charge is -2.10. The van der Waals surface area contributed by atoms with E-state index in [1.807, 2.05) is 30.3 Å². The van der Waals surface area contributed by atoms with Gasteiger partial charge in [0.2, 0.25) is 5.91 Å². The number of carbonyl (C=O) groups is 1. The lowest BCUT2D eigenvalue weighted by atomic mass is 10.1. The van der Waals surface area contributed by atoms with Crippen LogP contribution in [0.4, 0.5) is 4.39 Å². The minimum absolute atomic E-state index is 0.163. The zero-order valence-electron chi connectivity index (χ0n) is 13.8. The highest BCUT2D eigenvalue weighted by molar-refractivity contribution is 5.76. The maximum Gasteiger partial charge on any atom is 0.221 e. The van der Waals surface area contributed by atoms with Crippen molar-refractivity contribution in [1.29, 1.82) is 0 Å². The van der Waals surface area contributed by atoms with Crippen molar-refractivity contribution in [1.82, 2.24) is 5.32 Å². The molecule has 0 bridgehead atoms. The van der Waals surface area contributed by atoms with E-state index >= 15 is 0 Å². The lowest BCUT2D eigenvalue weighted by Crippen LogP contribution is -2.31. The average Bonchev–Trinajstić information content (AvgIpc) is 2.57. The number of halogens is 1. The second-order valence-electron chi connectivity index (χ2n) is 5.82. The third-order valence-electron chi connectivity index (χ3n) is 3.74. The topological polar surface area (TPSA) is 64.3 Å². The molecule has 1 atom stereocenters. The monoisotopic (exact) mass is 330 g/mol. The molecule has 2 aromatic rings. The minimum Gasteiger partial charge on any atom is -0.489 e. The van der Waals surface area contributed by atoms with Crippen LogP contribution >= 0.6 is 0 Å². The Kier molecular flexibility index (Phi) is 6.75. The third kappa shape index (κ3) is 6.01. The fourth-order valence-electron chi connectivity index (χ4n) is 2.20. The van der Waals surface area contributed by atoms with Gasteiger partial charge in [-0.2, -0.15) is 0 Å². The largest absolute Gasteiger partial charge is 0.489 e. The summed E-state index contributed by atoms with van der Waals surface area (Å²) in [6, 6.07) is 14.2. The number of nitrogens with two attached hydrogens (primary N) is 1. The van der Waals surface area contributed by atoms with Crippen molar-refractivity contribution in [3.05, 3.63) is 65.5 Å². The Bertz CT molecular complexity index is 659. The van der Waals surface area contributed by atoms with Gasteiger partial charge in [-0.25, -0.2) is 4.39 Å². The Morgan fingerprint density at radius 2 is 1.96 bits per heavy atom. The molecule has 0 radical (unpaired) electrons. The van der Waals surface area contributed by atoms with Crippen LogP contribution in [0.2, 0.25) is 0 Å². The van der Waals surface area contributed by atoms with Crippen LogP contribution in [-0.2, 0) is 17.8 Å². The fourth-order valence-corrected chi connectivity index (χ4v) is 2.20. The molecule has 24 heavy (non-hydrogen) atoms. The van der Waals surface area contributed by atoms with E-state index in [1.54, 1.807) is 13.0 Å². The zero-order chi connectivity index (χ0) is 17.4. The van der Waals surface area contributed by atoms with Crippen LogP contribution in [0.1, 0.15) is 18.1 Å². The first-order valence-corrected chi connectivity index (χ1v) is 8.01. The molecule has 0 saturated carbocycles. The van der Waals surface area contributed by atoms with E-state index < -0.39 is 0 Å². The SMILES string of the molecule is CC(CNCCc1ccc(OCc2cccc(F)c2)cc1)C(N)=O. The van der Waals surface area contributed by atoms with Gasteiger partial charge < -0.3 is 15.8 Å². The number of benzene rings is 2. The molecule has 0 spiro atoms. The van der Waals surface area contributed by atoms with Crippen molar-refractivity contribution >= 4 is 5.91 Å². The van der Waals surface area contributed by atoms with Crippen molar-refractivity contribution in [3.63, 3.8) is 0 Å². The van der Waals surface area contributed by atoms with E-state index in [9.17, 15) is 9.18 Å². The van der Waals surface area contributed by atoms with Gasteiger partial charge in [-0.15, -0.1) is 0 Å². The molecular formula is C19H23FN2O2. The maximum absolute atomic E-state index is 13.1. The second-order valence-corrected chi connectivity index (χ2v) is 5.82. The predicted molar refractivity (Wildman–Crippen MR) is 92.1 cm³/mol. The number of nitrogens with one attached hydrogen (secondary N) is 1.